The van der Waals surface area contributed by atoms with Gasteiger partial charge in [0.05, 0.1) is 0 Å². The maximum absolute atomic E-state index is 10.8. The molecule has 1 aromatic rings. The molecule has 1 N–H and O–H groups in total. The first-order chi connectivity index (χ1) is 8.54. The van der Waals surface area contributed by atoms with Crippen LogP contribution >= 0.6 is 0 Å². The number of rotatable bonds is 6. The second-order valence-corrected chi connectivity index (χ2v) is 4.89. The van der Waals surface area contributed by atoms with E-state index in [2.05, 4.69) is 32.9 Å². The molecule has 98 valence electrons. The van der Waals surface area contributed by atoms with Crippen LogP contribution in [0.3, 0.4) is 0 Å². The van der Waals surface area contributed by atoms with Crippen molar-refractivity contribution in [3.05, 3.63) is 41.5 Å². The van der Waals surface area contributed by atoms with E-state index < -0.39 is 5.97 Å². The van der Waals surface area contributed by atoms with Crippen LogP contribution in [0.4, 0.5) is 0 Å². The zero-order valence-electron chi connectivity index (χ0n) is 11.4. The summed E-state index contributed by atoms with van der Waals surface area (Å²) in [6.07, 6.45) is 4.25. The third kappa shape index (κ3) is 4.36. The lowest BCUT2D eigenvalue weighted by atomic mass is 9.96. The van der Waals surface area contributed by atoms with Gasteiger partial charge < -0.3 is 5.11 Å². The van der Waals surface area contributed by atoms with E-state index in [9.17, 15) is 4.79 Å². The van der Waals surface area contributed by atoms with Crippen molar-refractivity contribution in [2.24, 2.45) is 0 Å². The summed E-state index contributed by atoms with van der Waals surface area (Å²) in [6.45, 7) is 6.42. The van der Waals surface area contributed by atoms with E-state index >= 15 is 0 Å². The number of carbonyl (C=O) groups is 1. The molecular formula is C16H22O2. The summed E-state index contributed by atoms with van der Waals surface area (Å²) in [5.74, 6) is -0.365. The van der Waals surface area contributed by atoms with Crippen molar-refractivity contribution in [1.29, 1.82) is 0 Å². The molecule has 0 aromatic heterocycles. The Morgan fingerprint density at radius 2 is 1.89 bits per heavy atom. The van der Waals surface area contributed by atoms with E-state index in [-0.39, 0.29) is 0 Å². The van der Waals surface area contributed by atoms with Crippen molar-refractivity contribution < 1.29 is 9.90 Å². The molecule has 2 heteroatoms. The molecule has 0 saturated heterocycles. The predicted octanol–water partition coefficient (Wildman–Crippen LogP) is 4.47. The van der Waals surface area contributed by atoms with Gasteiger partial charge in [-0.3, -0.25) is 0 Å². The van der Waals surface area contributed by atoms with Crippen LogP contribution in [0.1, 0.15) is 57.1 Å². The number of carboxylic acid groups (broad SMARTS) is 1. The van der Waals surface area contributed by atoms with Crippen LogP contribution in [0.25, 0.3) is 5.57 Å². The van der Waals surface area contributed by atoms with Crippen LogP contribution in [0, 0.1) is 0 Å². The fourth-order valence-electron chi connectivity index (χ4n) is 1.90. The van der Waals surface area contributed by atoms with Gasteiger partial charge in [-0.15, -0.1) is 0 Å². The van der Waals surface area contributed by atoms with Gasteiger partial charge in [-0.2, -0.15) is 0 Å². The van der Waals surface area contributed by atoms with Crippen molar-refractivity contribution in [2.75, 3.05) is 0 Å². The molecule has 0 spiro atoms. The number of unbranched alkanes of at least 4 members (excludes halogenated alkanes) is 1. The molecule has 0 unspecified atom stereocenters. The smallest absolute Gasteiger partial charge is 0.328 e. The number of carboxylic acids is 1. The van der Waals surface area contributed by atoms with E-state index in [1.54, 1.807) is 0 Å². The van der Waals surface area contributed by atoms with Crippen LogP contribution in [0.15, 0.2) is 30.3 Å². The molecule has 0 bridgehead atoms. The molecule has 18 heavy (non-hydrogen) atoms. The van der Waals surface area contributed by atoms with Gasteiger partial charge in [-0.25, -0.2) is 4.79 Å². The maximum atomic E-state index is 10.8. The molecule has 0 aliphatic heterocycles. The van der Waals surface area contributed by atoms with Crippen LogP contribution in [0.5, 0.6) is 0 Å². The van der Waals surface area contributed by atoms with Gasteiger partial charge in [-0.1, -0.05) is 51.5 Å². The fourth-order valence-corrected chi connectivity index (χ4v) is 1.90. The zero-order valence-corrected chi connectivity index (χ0v) is 11.4. The van der Waals surface area contributed by atoms with E-state index in [4.69, 9.17) is 5.11 Å². The molecular weight excluding hydrogens is 224 g/mol. The van der Waals surface area contributed by atoms with E-state index in [1.165, 1.54) is 11.6 Å². The van der Waals surface area contributed by atoms with E-state index in [0.29, 0.717) is 5.92 Å². The lowest BCUT2D eigenvalue weighted by molar-refractivity contribution is -0.131. The Morgan fingerprint density at radius 1 is 1.28 bits per heavy atom. The molecule has 0 aliphatic carbocycles. The summed E-state index contributed by atoms with van der Waals surface area (Å²) in [6, 6.07) is 8.23. The molecule has 0 atom stereocenters. The SMILES string of the molecule is CCCC/C(=C\C(=O)O)c1ccc(C(C)C)cc1. The quantitative estimate of drug-likeness (QED) is 0.752. The Balaban J connectivity index is 2.95. The molecule has 0 heterocycles. The predicted molar refractivity (Wildman–Crippen MR) is 75.7 cm³/mol. The lowest BCUT2D eigenvalue weighted by Crippen LogP contribution is -1.94. The van der Waals surface area contributed by atoms with E-state index in [0.717, 1.165) is 30.4 Å². The highest BCUT2D eigenvalue weighted by Crippen LogP contribution is 2.23. The van der Waals surface area contributed by atoms with Crippen molar-refractivity contribution in [1.82, 2.24) is 0 Å². The summed E-state index contributed by atoms with van der Waals surface area (Å²) < 4.78 is 0. The topological polar surface area (TPSA) is 37.3 Å². The Morgan fingerprint density at radius 3 is 2.33 bits per heavy atom. The van der Waals surface area contributed by atoms with Crippen molar-refractivity contribution >= 4 is 11.5 Å². The largest absolute Gasteiger partial charge is 0.478 e. The molecule has 1 rings (SSSR count). The minimum atomic E-state index is -0.867. The first-order valence-corrected chi connectivity index (χ1v) is 6.58. The van der Waals surface area contributed by atoms with Gasteiger partial charge in [0.25, 0.3) is 0 Å². The molecule has 2 nitrogen and oxygen atoms in total. The first kappa shape index (κ1) is 14.5. The lowest BCUT2D eigenvalue weighted by Gasteiger charge is -2.09. The molecule has 0 saturated carbocycles. The van der Waals surface area contributed by atoms with Crippen LogP contribution in [-0.2, 0) is 4.79 Å². The summed E-state index contributed by atoms with van der Waals surface area (Å²) in [5, 5.41) is 8.91. The number of hydrogen-bond donors (Lipinski definition) is 1. The molecule has 1 aromatic carbocycles. The highest BCUT2D eigenvalue weighted by molar-refractivity contribution is 5.90. The maximum Gasteiger partial charge on any atom is 0.328 e. The summed E-state index contributed by atoms with van der Waals surface area (Å²) in [5.41, 5.74) is 3.22. The van der Waals surface area contributed by atoms with Gasteiger partial charge in [0.2, 0.25) is 0 Å². The Hall–Kier alpha value is -1.57. The van der Waals surface area contributed by atoms with Gasteiger partial charge in [0, 0.05) is 6.08 Å². The third-order valence-corrected chi connectivity index (χ3v) is 3.05. The van der Waals surface area contributed by atoms with Crippen molar-refractivity contribution in [3.8, 4) is 0 Å². The number of allylic oxidation sites excluding steroid dienone is 1. The summed E-state index contributed by atoms with van der Waals surface area (Å²) in [7, 11) is 0. The summed E-state index contributed by atoms with van der Waals surface area (Å²) in [4.78, 5) is 10.8. The molecule has 0 fully saturated rings. The number of aliphatic carboxylic acids is 1. The highest BCUT2D eigenvalue weighted by atomic mass is 16.4. The number of benzene rings is 1. The molecule has 0 aliphatic rings. The summed E-state index contributed by atoms with van der Waals surface area (Å²) >= 11 is 0. The van der Waals surface area contributed by atoms with Gasteiger partial charge in [0.1, 0.15) is 0 Å². The third-order valence-electron chi connectivity index (χ3n) is 3.05. The highest BCUT2D eigenvalue weighted by Gasteiger charge is 2.05. The minimum absolute atomic E-state index is 0.501. The van der Waals surface area contributed by atoms with Crippen LogP contribution in [0.2, 0.25) is 0 Å². The van der Waals surface area contributed by atoms with Crippen LogP contribution < -0.4 is 0 Å². The minimum Gasteiger partial charge on any atom is -0.478 e. The monoisotopic (exact) mass is 246 g/mol. The second kappa shape index (κ2) is 7.00. The Bertz CT molecular complexity index is 413. The average Bonchev–Trinajstić information content (AvgIpc) is 2.34. The second-order valence-electron chi connectivity index (χ2n) is 4.89. The van der Waals surface area contributed by atoms with Gasteiger partial charge in [-0.05, 0) is 35.5 Å². The van der Waals surface area contributed by atoms with Gasteiger partial charge >= 0.3 is 5.97 Å². The fraction of sp³-hybridized carbons (Fsp3) is 0.438. The van der Waals surface area contributed by atoms with Crippen LogP contribution in [-0.4, -0.2) is 11.1 Å². The Labute approximate surface area is 109 Å². The van der Waals surface area contributed by atoms with E-state index in [1.807, 2.05) is 12.1 Å². The van der Waals surface area contributed by atoms with Crippen molar-refractivity contribution in [3.63, 3.8) is 0 Å². The average molecular weight is 246 g/mol. The standard InChI is InChI=1S/C16H22O2/c1-4-5-6-15(11-16(17)18)14-9-7-13(8-10-14)12(2)3/h7-12H,4-6H2,1-3H3,(H,17,18)/b15-11+. The Kier molecular flexibility index (Phi) is 5.63. The normalized spacial score (nSPS) is 11.9. The van der Waals surface area contributed by atoms with Gasteiger partial charge in [0.15, 0.2) is 0 Å². The number of hydrogen-bond acceptors (Lipinski definition) is 1. The zero-order chi connectivity index (χ0) is 13.5. The molecule has 0 radical (unpaired) electrons. The van der Waals surface area contributed by atoms with Crippen molar-refractivity contribution in [2.45, 2.75) is 46.0 Å². The first-order valence-electron chi connectivity index (χ1n) is 6.58. The molecule has 0 amide bonds.